The van der Waals surface area contributed by atoms with Gasteiger partial charge in [-0.1, -0.05) is 0 Å². The third-order valence-corrected chi connectivity index (χ3v) is 3.06. The Balaban J connectivity index is 2.78. The molecule has 0 spiro atoms. The maximum absolute atomic E-state index is 11.2. The number of allylic oxidation sites excluding steroid dienone is 2. The van der Waals surface area contributed by atoms with Crippen molar-refractivity contribution in [2.45, 2.75) is 26.7 Å². The van der Waals surface area contributed by atoms with Crippen LogP contribution >= 0.6 is 11.8 Å². The molecule has 0 aromatic heterocycles. The van der Waals surface area contributed by atoms with Crippen molar-refractivity contribution in [1.29, 1.82) is 0 Å². The minimum absolute atomic E-state index is 0.131. The molecule has 2 nitrogen and oxygen atoms in total. The minimum Gasteiger partial charge on any atom is -0.300 e. The standard InChI is InChI=1S/C9H12O2S/c1-6(10)5-9-7(2)8(11)3-4-12-9/h3-5H2,1-2H3. The lowest BCUT2D eigenvalue weighted by molar-refractivity contribution is -0.116. The number of Topliss-reactive ketones (excluding diaryl/α,β-unsaturated/α-hetero) is 2. The third-order valence-electron chi connectivity index (χ3n) is 1.85. The zero-order valence-electron chi connectivity index (χ0n) is 7.35. The molecule has 3 heteroatoms. The Morgan fingerprint density at radius 2 is 2.25 bits per heavy atom. The lowest BCUT2D eigenvalue weighted by Crippen LogP contribution is -2.10. The average Bonchev–Trinajstić information content (AvgIpc) is 1.98. The molecular weight excluding hydrogens is 172 g/mol. The Bertz CT molecular complexity index is 253. The van der Waals surface area contributed by atoms with Crippen LogP contribution in [0.3, 0.4) is 0 Å². The molecule has 0 saturated heterocycles. The van der Waals surface area contributed by atoms with Gasteiger partial charge in [0.2, 0.25) is 0 Å². The van der Waals surface area contributed by atoms with Gasteiger partial charge >= 0.3 is 0 Å². The Kier molecular flexibility index (Phi) is 3.09. The molecular formula is C9H12O2S. The number of carbonyl (C=O) groups is 2. The highest BCUT2D eigenvalue weighted by Crippen LogP contribution is 2.29. The lowest BCUT2D eigenvalue weighted by atomic mass is 10.1. The summed E-state index contributed by atoms with van der Waals surface area (Å²) >= 11 is 1.64. The first-order chi connectivity index (χ1) is 5.61. The van der Waals surface area contributed by atoms with E-state index >= 15 is 0 Å². The number of hydrogen-bond donors (Lipinski definition) is 0. The van der Waals surface area contributed by atoms with Crippen LogP contribution in [0.4, 0.5) is 0 Å². The summed E-state index contributed by atoms with van der Waals surface area (Å²) < 4.78 is 0. The fraction of sp³-hybridized carbons (Fsp3) is 0.556. The number of thioether (sulfide) groups is 1. The average molecular weight is 184 g/mol. The monoisotopic (exact) mass is 184 g/mol. The van der Waals surface area contributed by atoms with Gasteiger partial charge in [-0.2, -0.15) is 0 Å². The van der Waals surface area contributed by atoms with E-state index in [1.54, 1.807) is 18.7 Å². The van der Waals surface area contributed by atoms with E-state index in [-0.39, 0.29) is 11.6 Å². The molecule has 1 aliphatic heterocycles. The summed E-state index contributed by atoms with van der Waals surface area (Å²) in [7, 11) is 0. The molecule has 0 N–H and O–H groups in total. The van der Waals surface area contributed by atoms with Gasteiger partial charge in [-0.25, -0.2) is 0 Å². The van der Waals surface area contributed by atoms with E-state index in [0.717, 1.165) is 16.2 Å². The molecule has 0 aliphatic carbocycles. The zero-order valence-corrected chi connectivity index (χ0v) is 8.16. The highest BCUT2D eigenvalue weighted by Gasteiger charge is 2.17. The third kappa shape index (κ3) is 2.21. The first-order valence-electron chi connectivity index (χ1n) is 3.96. The molecule has 0 unspecified atom stereocenters. The maximum Gasteiger partial charge on any atom is 0.160 e. The normalized spacial score (nSPS) is 18.3. The fourth-order valence-corrected chi connectivity index (χ4v) is 2.30. The Labute approximate surface area is 76.4 Å². The van der Waals surface area contributed by atoms with Crippen LogP contribution in [0.2, 0.25) is 0 Å². The van der Waals surface area contributed by atoms with E-state index in [1.165, 1.54) is 0 Å². The van der Waals surface area contributed by atoms with Gasteiger partial charge in [-0.3, -0.25) is 9.59 Å². The maximum atomic E-state index is 11.2. The predicted octanol–water partition coefficient (Wildman–Crippen LogP) is 1.95. The van der Waals surface area contributed by atoms with Crippen molar-refractivity contribution in [3.05, 3.63) is 10.5 Å². The van der Waals surface area contributed by atoms with Crippen LogP contribution in [0.25, 0.3) is 0 Å². The van der Waals surface area contributed by atoms with Crippen molar-refractivity contribution in [1.82, 2.24) is 0 Å². The van der Waals surface area contributed by atoms with E-state index in [2.05, 4.69) is 0 Å². The predicted molar refractivity (Wildman–Crippen MR) is 50.1 cm³/mol. The van der Waals surface area contributed by atoms with Crippen molar-refractivity contribution in [3.8, 4) is 0 Å². The van der Waals surface area contributed by atoms with Gasteiger partial charge < -0.3 is 0 Å². The largest absolute Gasteiger partial charge is 0.300 e. The lowest BCUT2D eigenvalue weighted by Gasteiger charge is -2.14. The Morgan fingerprint density at radius 1 is 1.58 bits per heavy atom. The Hall–Kier alpha value is -0.570. The Morgan fingerprint density at radius 3 is 2.83 bits per heavy atom. The summed E-state index contributed by atoms with van der Waals surface area (Å²) in [4.78, 5) is 23.0. The molecule has 12 heavy (non-hydrogen) atoms. The van der Waals surface area contributed by atoms with E-state index < -0.39 is 0 Å². The first-order valence-corrected chi connectivity index (χ1v) is 4.95. The van der Waals surface area contributed by atoms with E-state index in [4.69, 9.17) is 0 Å². The van der Waals surface area contributed by atoms with Crippen molar-refractivity contribution in [2.75, 3.05) is 5.75 Å². The van der Waals surface area contributed by atoms with E-state index in [9.17, 15) is 9.59 Å². The number of carbonyl (C=O) groups excluding carboxylic acids is 2. The van der Waals surface area contributed by atoms with Gasteiger partial charge in [0.05, 0.1) is 0 Å². The molecule has 66 valence electrons. The molecule has 0 saturated carbocycles. The fourth-order valence-electron chi connectivity index (χ4n) is 1.13. The molecule has 0 aromatic rings. The van der Waals surface area contributed by atoms with Crippen molar-refractivity contribution in [3.63, 3.8) is 0 Å². The van der Waals surface area contributed by atoms with Crippen LogP contribution in [0.15, 0.2) is 10.5 Å². The summed E-state index contributed by atoms with van der Waals surface area (Å²) in [6.07, 6.45) is 1.06. The van der Waals surface area contributed by atoms with Gasteiger partial charge in [0, 0.05) is 24.2 Å². The molecule has 0 radical (unpaired) electrons. The first kappa shape index (κ1) is 9.52. The zero-order chi connectivity index (χ0) is 9.14. The van der Waals surface area contributed by atoms with Crippen LogP contribution in [0.5, 0.6) is 0 Å². The molecule has 0 fully saturated rings. The molecule has 1 heterocycles. The van der Waals surface area contributed by atoms with Crippen molar-refractivity contribution in [2.24, 2.45) is 0 Å². The van der Waals surface area contributed by atoms with E-state index in [0.29, 0.717) is 12.8 Å². The molecule has 0 atom stereocenters. The van der Waals surface area contributed by atoms with Gasteiger partial charge in [0.1, 0.15) is 5.78 Å². The van der Waals surface area contributed by atoms with Crippen molar-refractivity contribution >= 4 is 23.3 Å². The van der Waals surface area contributed by atoms with Gasteiger partial charge in [0.15, 0.2) is 5.78 Å². The topological polar surface area (TPSA) is 34.1 Å². The van der Waals surface area contributed by atoms with Gasteiger partial charge in [0.25, 0.3) is 0 Å². The van der Waals surface area contributed by atoms with Crippen LogP contribution < -0.4 is 0 Å². The minimum atomic E-state index is 0.131. The quantitative estimate of drug-likeness (QED) is 0.657. The van der Waals surface area contributed by atoms with Crippen LogP contribution in [0.1, 0.15) is 26.7 Å². The van der Waals surface area contributed by atoms with Crippen LogP contribution in [0, 0.1) is 0 Å². The smallest absolute Gasteiger partial charge is 0.160 e. The van der Waals surface area contributed by atoms with Gasteiger partial charge in [-0.15, -0.1) is 11.8 Å². The van der Waals surface area contributed by atoms with Crippen molar-refractivity contribution < 1.29 is 9.59 Å². The molecule has 0 bridgehead atoms. The molecule has 0 aromatic carbocycles. The molecule has 1 aliphatic rings. The second-order valence-electron chi connectivity index (χ2n) is 2.95. The summed E-state index contributed by atoms with van der Waals surface area (Å²) in [5, 5.41) is 0. The SMILES string of the molecule is CC(=O)CC1=C(C)C(=O)CCS1. The van der Waals surface area contributed by atoms with Gasteiger partial charge in [-0.05, 0) is 18.8 Å². The summed E-state index contributed by atoms with van der Waals surface area (Å²) in [6, 6.07) is 0. The molecule has 1 rings (SSSR count). The summed E-state index contributed by atoms with van der Waals surface area (Å²) in [6.45, 7) is 3.37. The second kappa shape index (κ2) is 3.90. The van der Waals surface area contributed by atoms with E-state index in [1.807, 2.05) is 6.92 Å². The highest BCUT2D eigenvalue weighted by molar-refractivity contribution is 8.03. The van der Waals surface area contributed by atoms with Crippen LogP contribution in [-0.4, -0.2) is 17.3 Å². The van der Waals surface area contributed by atoms with Crippen LogP contribution in [-0.2, 0) is 9.59 Å². The summed E-state index contributed by atoms with van der Waals surface area (Å²) in [5.41, 5.74) is 0.793. The number of hydrogen-bond acceptors (Lipinski definition) is 3. The molecule has 0 amide bonds. The second-order valence-corrected chi connectivity index (χ2v) is 4.14. The number of rotatable bonds is 2. The highest BCUT2D eigenvalue weighted by atomic mass is 32.2. The number of ketones is 2. The summed E-state index contributed by atoms with van der Waals surface area (Å²) in [5.74, 6) is 1.16.